The van der Waals surface area contributed by atoms with Crippen molar-refractivity contribution in [1.29, 1.82) is 0 Å². The quantitative estimate of drug-likeness (QED) is 0.0904. The normalized spacial score (nSPS) is 11.2. The standard InChI is InChI=1S/C86H61N5S2/c1-10-28-66(29-11-1)87(67-30-12-2-13-31-67)75-54-64(55-76(60-75)88(68-32-14-3-15-33-68)69-34-16-4-17-35-69)85-52-50-83(92-85)62-46-48-81-79(58-62)80-59-63(47-49-82(80)91(81)74-44-26-9-27-45-74)84-51-53-86(93-84)65-56-77(89(70-36-18-5-19-37-70)71-38-20-6-21-39-71)61-78(57-65)90(72-40-22-7-23-41-72)73-42-24-8-25-43-73/h1-61H. The maximum atomic E-state index is 2.42. The SMILES string of the molecule is c1ccc(N(c2ccccc2)c2cc(-c3ccc(-c4ccc5c(c4)c4cc(-c6ccc(-c7cc(N(c8ccccc8)c8ccccc8)cc(N(c8ccccc8)c8ccccc8)c7)s6)ccc4n5-c4ccccc4)s3)cc(N(c3ccccc3)c3ccccc3)c2)cc1. The highest BCUT2D eigenvalue weighted by molar-refractivity contribution is 7.19. The van der Waals surface area contributed by atoms with Gasteiger partial charge in [0.1, 0.15) is 0 Å². The minimum atomic E-state index is 1.06. The second kappa shape index (κ2) is 25.3. The minimum absolute atomic E-state index is 1.06. The van der Waals surface area contributed by atoms with E-state index >= 15 is 0 Å². The van der Waals surface area contributed by atoms with E-state index in [0.717, 1.165) is 96.1 Å². The minimum Gasteiger partial charge on any atom is -0.310 e. The maximum Gasteiger partial charge on any atom is 0.0541 e. The summed E-state index contributed by atoms with van der Waals surface area (Å²) in [5, 5.41) is 2.40. The summed E-state index contributed by atoms with van der Waals surface area (Å²) in [5.74, 6) is 0. The Bertz CT molecular complexity index is 4530. The van der Waals surface area contributed by atoms with E-state index in [1.165, 1.54) is 41.4 Å². The summed E-state index contributed by atoms with van der Waals surface area (Å²) in [7, 11) is 0. The van der Waals surface area contributed by atoms with Gasteiger partial charge in [0.25, 0.3) is 0 Å². The van der Waals surface area contributed by atoms with Gasteiger partial charge in [-0.1, -0.05) is 176 Å². The lowest BCUT2D eigenvalue weighted by atomic mass is 10.1. The fourth-order valence-corrected chi connectivity index (χ4v) is 14.9. The maximum absolute atomic E-state index is 2.42. The van der Waals surface area contributed by atoms with Crippen LogP contribution in [0, 0.1) is 0 Å². The predicted octanol–water partition coefficient (Wildman–Crippen LogP) is 25.5. The Morgan fingerprint density at radius 2 is 0.409 bits per heavy atom. The van der Waals surface area contributed by atoms with E-state index in [0.29, 0.717) is 0 Å². The monoisotopic (exact) mass is 1230 g/mol. The van der Waals surface area contributed by atoms with E-state index in [1.807, 2.05) is 22.7 Å². The third-order valence-corrected chi connectivity index (χ3v) is 19.4. The smallest absolute Gasteiger partial charge is 0.0541 e. The molecule has 0 N–H and O–H groups in total. The van der Waals surface area contributed by atoms with Crippen molar-refractivity contribution in [2.75, 3.05) is 19.6 Å². The number of nitrogens with zero attached hydrogens (tertiary/aromatic N) is 5. The van der Waals surface area contributed by atoms with Crippen LogP contribution < -0.4 is 19.6 Å². The van der Waals surface area contributed by atoms with E-state index in [-0.39, 0.29) is 0 Å². The predicted molar refractivity (Wildman–Crippen MR) is 397 cm³/mol. The van der Waals surface area contributed by atoms with Crippen LogP contribution in [-0.4, -0.2) is 4.57 Å². The second-order valence-electron chi connectivity index (χ2n) is 23.0. The molecule has 0 spiro atoms. The van der Waals surface area contributed by atoms with Crippen LogP contribution in [0.2, 0.25) is 0 Å². The first kappa shape index (κ1) is 56.5. The number of para-hydroxylation sites is 9. The molecule has 16 rings (SSSR count). The Labute approximate surface area is 550 Å². The van der Waals surface area contributed by atoms with Gasteiger partial charge in [0.05, 0.1) is 11.0 Å². The molecule has 0 saturated heterocycles. The lowest BCUT2D eigenvalue weighted by Crippen LogP contribution is -2.13. The molecular formula is C86H61N5S2. The molecule has 0 amide bonds. The lowest BCUT2D eigenvalue weighted by molar-refractivity contribution is 1.18. The highest BCUT2D eigenvalue weighted by Crippen LogP contribution is 2.49. The summed E-state index contributed by atoms with van der Waals surface area (Å²) < 4.78 is 2.42. The average Bonchev–Trinajstić information content (AvgIpc) is 1.78. The van der Waals surface area contributed by atoms with Gasteiger partial charge >= 0.3 is 0 Å². The molecule has 0 fully saturated rings. The van der Waals surface area contributed by atoms with Crippen molar-refractivity contribution in [3.05, 3.63) is 370 Å². The molecule has 0 saturated carbocycles. The van der Waals surface area contributed by atoms with Crippen LogP contribution in [0.15, 0.2) is 370 Å². The molecule has 0 unspecified atom stereocenters. The van der Waals surface area contributed by atoms with Gasteiger partial charge in [-0.2, -0.15) is 0 Å². The molecule has 0 aliphatic rings. The molecule has 5 nitrogen and oxygen atoms in total. The zero-order valence-corrected chi connectivity index (χ0v) is 52.4. The molecule has 0 bridgehead atoms. The Morgan fingerprint density at radius 3 is 0.656 bits per heavy atom. The number of fused-ring (bicyclic) bond motifs is 3. The Morgan fingerprint density at radius 1 is 0.183 bits per heavy atom. The van der Waals surface area contributed by atoms with E-state index in [4.69, 9.17) is 0 Å². The highest BCUT2D eigenvalue weighted by Gasteiger charge is 2.24. The van der Waals surface area contributed by atoms with Crippen molar-refractivity contribution in [3.63, 3.8) is 0 Å². The van der Waals surface area contributed by atoms with Crippen LogP contribution >= 0.6 is 22.7 Å². The molecule has 0 aliphatic carbocycles. The summed E-state index contributed by atoms with van der Waals surface area (Å²) in [6, 6.07) is 134. The van der Waals surface area contributed by atoms with Crippen molar-refractivity contribution < 1.29 is 0 Å². The summed E-state index contributed by atoms with van der Waals surface area (Å²) in [6.45, 7) is 0. The number of anilines is 12. The van der Waals surface area contributed by atoms with E-state index in [1.54, 1.807) is 0 Å². The molecule has 7 heteroatoms. The number of rotatable bonds is 17. The zero-order chi connectivity index (χ0) is 61.9. The van der Waals surface area contributed by atoms with Gasteiger partial charge in [-0.3, -0.25) is 0 Å². The highest BCUT2D eigenvalue weighted by atomic mass is 32.1. The Kier molecular flexibility index (Phi) is 15.3. The number of hydrogen-bond donors (Lipinski definition) is 0. The first-order chi connectivity index (χ1) is 46.1. The van der Waals surface area contributed by atoms with Crippen molar-refractivity contribution in [2.24, 2.45) is 0 Å². The van der Waals surface area contributed by atoms with Gasteiger partial charge in [-0.15, -0.1) is 22.7 Å². The van der Waals surface area contributed by atoms with Gasteiger partial charge in [-0.25, -0.2) is 0 Å². The number of aromatic nitrogens is 1. The molecule has 93 heavy (non-hydrogen) atoms. The first-order valence-corrected chi connectivity index (χ1v) is 33.0. The van der Waals surface area contributed by atoms with Crippen LogP contribution in [0.5, 0.6) is 0 Å². The topological polar surface area (TPSA) is 17.9 Å². The fourth-order valence-electron chi connectivity index (χ4n) is 12.9. The van der Waals surface area contributed by atoms with Crippen molar-refractivity contribution in [3.8, 4) is 47.4 Å². The van der Waals surface area contributed by atoms with E-state index in [2.05, 4.69) is 394 Å². The second-order valence-corrected chi connectivity index (χ2v) is 25.1. The van der Waals surface area contributed by atoms with E-state index < -0.39 is 0 Å². The molecule has 3 aromatic heterocycles. The van der Waals surface area contributed by atoms with Crippen molar-refractivity contribution in [1.82, 2.24) is 4.57 Å². The third kappa shape index (κ3) is 11.3. The molecule has 3 heterocycles. The molecule has 13 aromatic carbocycles. The van der Waals surface area contributed by atoms with Crippen LogP contribution in [0.4, 0.5) is 68.2 Å². The largest absolute Gasteiger partial charge is 0.310 e. The van der Waals surface area contributed by atoms with Gasteiger partial charge in [0.2, 0.25) is 0 Å². The molecule has 442 valence electrons. The van der Waals surface area contributed by atoms with E-state index in [9.17, 15) is 0 Å². The summed E-state index contributed by atoms with van der Waals surface area (Å²) >= 11 is 3.67. The van der Waals surface area contributed by atoms with Gasteiger partial charge in [-0.05, 0) is 216 Å². The van der Waals surface area contributed by atoms with Crippen molar-refractivity contribution in [2.45, 2.75) is 0 Å². The summed E-state index contributed by atoms with van der Waals surface area (Å²) in [5.41, 5.74) is 21.0. The lowest BCUT2D eigenvalue weighted by Gasteiger charge is -2.30. The summed E-state index contributed by atoms with van der Waals surface area (Å²) in [6.07, 6.45) is 0. The van der Waals surface area contributed by atoms with Gasteiger partial charge in [0.15, 0.2) is 0 Å². The molecule has 0 radical (unpaired) electrons. The van der Waals surface area contributed by atoms with Crippen LogP contribution in [0.25, 0.3) is 69.3 Å². The fraction of sp³-hybridized carbons (Fsp3) is 0. The number of hydrogen-bond acceptors (Lipinski definition) is 6. The van der Waals surface area contributed by atoms with Crippen LogP contribution in [0.3, 0.4) is 0 Å². The Hall–Kier alpha value is -11.7. The average molecular weight is 1230 g/mol. The molecular weight excluding hydrogens is 1170 g/mol. The summed E-state index contributed by atoms with van der Waals surface area (Å²) in [4.78, 5) is 14.2. The third-order valence-electron chi connectivity index (χ3n) is 17.1. The number of benzene rings is 13. The molecule has 16 aromatic rings. The Balaban J connectivity index is 0.817. The van der Waals surface area contributed by atoms with Crippen LogP contribution in [0.1, 0.15) is 0 Å². The zero-order valence-electron chi connectivity index (χ0n) is 50.8. The van der Waals surface area contributed by atoms with Crippen LogP contribution in [-0.2, 0) is 0 Å². The van der Waals surface area contributed by atoms with Gasteiger partial charge < -0.3 is 24.2 Å². The molecule has 0 aliphatic heterocycles. The van der Waals surface area contributed by atoms with Crippen molar-refractivity contribution >= 4 is 113 Å². The first-order valence-electron chi connectivity index (χ1n) is 31.4. The number of thiophene rings is 2. The molecule has 0 atom stereocenters. The van der Waals surface area contributed by atoms with Gasteiger partial charge in [0, 0.05) is 104 Å².